The van der Waals surface area contributed by atoms with Gasteiger partial charge in [-0.1, -0.05) is 51.0 Å². The maximum absolute atomic E-state index is 14.2. The number of aromatic hydroxyl groups is 1. The van der Waals surface area contributed by atoms with Crippen LogP contribution in [0, 0.1) is 23.7 Å². The van der Waals surface area contributed by atoms with Crippen LogP contribution in [0.15, 0.2) is 67.0 Å². The Hall–Kier alpha value is -6.77. The number of aliphatic hydroxyl groups excluding tert-OH is 1. The van der Waals surface area contributed by atoms with Crippen LogP contribution in [0.3, 0.4) is 0 Å². The molecule has 2 aromatic carbocycles. The van der Waals surface area contributed by atoms with Crippen molar-refractivity contribution in [1.29, 1.82) is 0 Å². The predicted molar refractivity (Wildman–Crippen MR) is 255 cm³/mol. The lowest BCUT2D eigenvalue weighted by atomic mass is 9.85. The van der Waals surface area contributed by atoms with Gasteiger partial charge in [0.15, 0.2) is 5.65 Å². The number of aromatic amines is 1. The van der Waals surface area contributed by atoms with Crippen LogP contribution >= 0.6 is 0 Å². The molecule has 0 spiro atoms. The number of benzene rings is 2. The van der Waals surface area contributed by atoms with Crippen LogP contribution in [-0.2, 0) is 22.6 Å². The molecule has 17 nitrogen and oxygen atoms in total. The van der Waals surface area contributed by atoms with E-state index in [0.717, 1.165) is 91.2 Å². The number of phenols is 1. The zero-order valence-electron chi connectivity index (χ0n) is 38.7. The fourth-order valence-corrected chi connectivity index (χ4v) is 10.1. The van der Waals surface area contributed by atoms with Crippen LogP contribution in [0.2, 0.25) is 0 Å². The summed E-state index contributed by atoms with van der Waals surface area (Å²) >= 11 is 0. The normalized spacial score (nSPS) is 21.6. The average molecular weight is 909 g/mol. The van der Waals surface area contributed by atoms with Gasteiger partial charge >= 0.3 is 6.03 Å². The van der Waals surface area contributed by atoms with Crippen LogP contribution in [0.4, 0.5) is 16.4 Å². The molecule has 0 bridgehead atoms. The van der Waals surface area contributed by atoms with Crippen LogP contribution in [0.25, 0.3) is 22.3 Å². The molecule has 5 aromatic rings. The molecule has 17 heteroatoms. The largest absolute Gasteiger partial charge is 0.507 e. The molecule has 0 radical (unpaired) electrons. The first-order valence-electron chi connectivity index (χ1n) is 23.3. The van der Waals surface area contributed by atoms with Gasteiger partial charge in [-0.05, 0) is 60.6 Å². The van der Waals surface area contributed by atoms with Gasteiger partial charge in [0, 0.05) is 106 Å². The second-order valence-corrected chi connectivity index (χ2v) is 19.5. The van der Waals surface area contributed by atoms with E-state index in [1.54, 1.807) is 29.2 Å². The molecular formula is C50H60N12O5. The van der Waals surface area contributed by atoms with Crippen LogP contribution in [0.5, 0.6) is 5.75 Å². The third-order valence-electron chi connectivity index (χ3n) is 13.9. The number of terminal acetylenes is 1. The molecule has 4 aliphatic rings. The Labute approximate surface area is 391 Å². The van der Waals surface area contributed by atoms with Crippen molar-refractivity contribution in [3.05, 3.63) is 89.4 Å². The number of para-hydroxylation sites is 1. The molecule has 0 saturated carbocycles. The minimum atomic E-state index is -0.908. The number of H-pyrrole nitrogens is 1. The highest BCUT2D eigenvalue weighted by atomic mass is 16.3. The number of β-amino-alcohol motifs (C(OH)–C–C–N with tert-alkyl or cyclic N) is 1. The average Bonchev–Trinajstić information content (AvgIpc) is 4.07. The number of amides is 4. The summed E-state index contributed by atoms with van der Waals surface area (Å²) in [7, 11) is 0. The van der Waals surface area contributed by atoms with Crippen molar-refractivity contribution >= 4 is 40.5 Å². The zero-order valence-corrected chi connectivity index (χ0v) is 38.7. The van der Waals surface area contributed by atoms with Crippen molar-refractivity contribution in [2.75, 3.05) is 68.7 Å². The second-order valence-electron chi connectivity index (χ2n) is 19.5. The zero-order chi connectivity index (χ0) is 47.0. The summed E-state index contributed by atoms with van der Waals surface area (Å²) in [4.78, 5) is 64.7. The first-order valence-corrected chi connectivity index (χ1v) is 23.3. The van der Waals surface area contributed by atoms with Crippen molar-refractivity contribution < 1.29 is 24.6 Å². The quantitative estimate of drug-likeness (QED) is 0.126. The molecule has 5 N–H and O–H groups in total. The highest BCUT2D eigenvalue weighted by Gasteiger charge is 2.45. The number of piperazine rings is 1. The van der Waals surface area contributed by atoms with Gasteiger partial charge in [-0.25, -0.2) is 14.8 Å². The van der Waals surface area contributed by atoms with E-state index < -0.39 is 23.6 Å². The van der Waals surface area contributed by atoms with E-state index in [1.165, 1.54) is 4.90 Å². The molecule has 9 rings (SSSR count). The lowest BCUT2D eigenvalue weighted by Crippen LogP contribution is -2.61. The minimum Gasteiger partial charge on any atom is -0.507 e. The number of fused-ring (bicyclic) bond motifs is 3. The first kappa shape index (κ1) is 45.4. The molecule has 3 aromatic heterocycles. The highest BCUT2D eigenvalue weighted by Crippen LogP contribution is 2.39. The minimum absolute atomic E-state index is 0.0109. The number of nitrogens with zero attached hydrogens (tertiary/aromatic N) is 9. The van der Waals surface area contributed by atoms with Gasteiger partial charge < -0.3 is 45.4 Å². The number of urea groups is 1. The smallest absolute Gasteiger partial charge is 0.318 e. The Kier molecular flexibility index (Phi) is 12.8. The van der Waals surface area contributed by atoms with Crippen LogP contribution < -0.4 is 20.4 Å². The van der Waals surface area contributed by atoms with E-state index in [2.05, 4.69) is 53.4 Å². The molecule has 0 aliphatic carbocycles. The van der Waals surface area contributed by atoms with Crippen molar-refractivity contribution in [3.63, 3.8) is 0 Å². The Morgan fingerprint density at radius 2 is 1.72 bits per heavy atom. The van der Waals surface area contributed by atoms with E-state index in [0.29, 0.717) is 36.2 Å². The lowest BCUT2D eigenvalue weighted by molar-refractivity contribution is -0.142. The number of carbonyl (C=O) groups is 3. The third kappa shape index (κ3) is 9.59. The van der Waals surface area contributed by atoms with E-state index in [4.69, 9.17) is 16.4 Å². The van der Waals surface area contributed by atoms with Gasteiger partial charge in [-0.15, -0.1) is 16.6 Å². The molecule has 3 saturated heterocycles. The Morgan fingerprint density at radius 3 is 2.43 bits per heavy atom. The summed E-state index contributed by atoms with van der Waals surface area (Å²) in [5, 5.41) is 36.9. The molecule has 1 unspecified atom stereocenters. The van der Waals surface area contributed by atoms with E-state index in [1.807, 2.05) is 63.5 Å². The summed E-state index contributed by atoms with van der Waals surface area (Å²) in [5.41, 5.74) is 6.20. The number of hydrogen-bond donors (Lipinski definition) is 5. The Bertz CT molecular complexity index is 2650. The van der Waals surface area contributed by atoms with Crippen molar-refractivity contribution in [3.8, 4) is 29.4 Å². The molecule has 4 amide bonds. The summed E-state index contributed by atoms with van der Waals surface area (Å²) < 4.78 is 0. The molecule has 3 fully saturated rings. The molecule has 5 atom stereocenters. The monoisotopic (exact) mass is 908 g/mol. The number of aliphatic hydroxyl groups is 1. The molecule has 7 heterocycles. The Morgan fingerprint density at radius 1 is 0.970 bits per heavy atom. The number of aromatic nitrogens is 5. The van der Waals surface area contributed by atoms with Gasteiger partial charge in [-0.2, -0.15) is 0 Å². The van der Waals surface area contributed by atoms with Gasteiger partial charge in [0.2, 0.25) is 17.8 Å². The number of hydrogen-bond acceptors (Lipinski definition) is 12. The van der Waals surface area contributed by atoms with Crippen LogP contribution in [-0.4, -0.2) is 145 Å². The fourth-order valence-electron chi connectivity index (χ4n) is 10.1. The van der Waals surface area contributed by atoms with Gasteiger partial charge in [0.1, 0.15) is 17.8 Å². The number of anilines is 2. The standard InChI is InChI=1S/C50H60N12O5/c1-6-32-11-13-33(14-12-32)25-51-46(65)41-23-36(63)30-62(41)47(66)44(50(3,4)5)55-49(67)59-21-19-58(20-22-59)28-34-15-17-60(29-34)35-26-52-48(53-27-35)61-18-16-39-43(31(61)2)38-24-40(56-57-45(38)54-39)37-9-7-8-10-42(37)64/h1,7-14,24,26-27,31,34,36,41,44,63-64H,15-23,25,28-30H2,2-5H3,(H,51,65)(H,54,57)(H,55,67)/t31-,34?,36-,41+,44-/m1/s1. The topological polar surface area (TPSA) is 199 Å². The summed E-state index contributed by atoms with van der Waals surface area (Å²) in [5.74, 6) is 3.12. The number of likely N-dealkylation sites (tertiary alicyclic amines) is 1. The van der Waals surface area contributed by atoms with Gasteiger partial charge in [0.05, 0.1) is 35.9 Å². The Balaban J connectivity index is 0.757. The van der Waals surface area contributed by atoms with Crippen molar-refractivity contribution in [2.24, 2.45) is 11.3 Å². The molecule has 67 heavy (non-hydrogen) atoms. The van der Waals surface area contributed by atoms with Crippen molar-refractivity contribution in [1.82, 2.24) is 50.5 Å². The predicted octanol–water partition coefficient (Wildman–Crippen LogP) is 4.07. The number of rotatable bonds is 10. The maximum atomic E-state index is 14.2. The second kappa shape index (κ2) is 18.8. The molecule has 4 aliphatic heterocycles. The van der Waals surface area contributed by atoms with E-state index >= 15 is 0 Å². The summed E-state index contributed by atoms with van der Waals surface area (Å²) in [6.45, 7) is 14.1. The third-order valence-corrected chi connectivity index (χ3v) is 13.9. The molecular weight excluding hydrogens is 849 g/mol. The van der Waals surface area contributed by atoms with Crippen molar-refractivity contribution in [2.45, 2.75) is 77.7 Å². The summed E-state index contributed by atoms with van der Waals surface area (Å²) in [6.07, 6.45) is 10.4. The summed E-state index contributed by atoms with van der Waals surface area (Å²) in [6, 6.07) is 14.4. The number of nitrogens with one attached hydrogen (secondary N) is 3. The van der Waals surface area contributed by atoms with E-state index in [-0.39, 0.29) is 49.1 Å². The number of carbonyl (C=O) groups excluding carboxylic acids is 3. The number of phenolic OH excluding ortho intramolecular Hbond substituents is 1. The lowest BCUT2D eigenvalue weighted by Gasteiger charge is -2.39. The van der Waals surface area contributed by atoms with Gasteiger partial charge in [0.25, 0.3) is 0 Å². The first-order chi connectivity index (χ1) is 32.2. The van der Waals surface area contributed by atoms with Crippen LogP contribution in [0.1, 0.15) is 69.0 Å². The van der Waals surface area contributed by atoms with Gasteiger partial charge in [-0.3, -0.25) is 14.5 Å². The highest BCUT2D eigenvalue weighted by molar-refractivity contribution is 5.93. The molecule has 350 valence electrons. The fraction of sp³-hybridized carbons (Fsp3) is 0.460. The maximum Gasteiger partial charge on any atom is 0.318 e. The SMILES string of the molecule is C#Cc1ccc(CNC(=O)[C@@H]2C[C@@H](O)CN2C(=O)[C@@H](NC(=O)N2CCN(CC3CCN(c4cnc(N5CCc6[nH]c7nnc(-c8ccccc8O)cc7c6[C@H]5C)nc4)C3)CC2)C(C)(C)C)cc1. The van der Waals surface area contributed by atoms with E-state index in [9.17, 15) is 24.6 Å².